The van der Waals surface area contributed by atoms with E-state index in [0.717, 1.165) is 115 Å². The maximum atomic E-state index is 13.1. The molecule has 0 bridgehead atoms. The summed E-state index contributed by atoms with van der Waals surface area (Å²) in [5.41, 5.74) is 0. The zero-order chi connectivity index (χ0) is 72.7. The third-order valence-electron chi connectivity index (χ3n) is 18.2. The number of unbranched alkanes of at least 4 members (excludes halogenated alkanes) is 47. The minimum atomic E-state index is -4.96. The van der Waals surface area contributed by atoms with Gasteiger partial charge in [0.1, 0.15) is 19.3 Å². The number of aliphatic hydroxyl groups excluding tert-OH is 1. The first-order valence-corrected chi connectivity index (χ1v) is 43.9. The SMILES string of the molecule is CCCCCC/C=C\C=C/CCCCCCCC(=O)O[C@H](COC(=O)CCCCCCCCCC)COP(=O)(O)OC[C@H](O)COP(=O)(O)OC[C@@H](COC(=O)CCCCCCCCCCCCCCCCC(C)C)OC(=O)CCCCCCCCCCCCCCCCCCCCC. The van der Waals surface area contributed by atoms with Crippen LogP contribution in [0.15, 0.2) is 24.3 Å². The summed E-state index contributed by atoms with van der Waals surface area (Å²) in [5.74, 6) is -1.34. The Morgan fingerprint density at radius 1 is 0.313 bits per heavy atom. The molecule has 19 heteroatoms. The fourth-order valence-corrected chi connectivity index (χ4v) is 13.4. The van der Waals surface area contributed by atoms with Crippen LogP contribution in [0, 0.1) is 5.92 Å². The van der Waals surface area contributed by atoms with Crippen molar-refractivity contribution < 1.29 is 80.2 Å². The van der Waals surface area contributed by atoms with Crippen LogP contribution in [0.1, 0.15) is 401 Å². The van der Waals surface area contributed by atoms with Crippen LogP contribution in [0.2, 0.25) is 0 Å². The van der Waals surface area contributed by atoms with E-state index < -0.39 is 97.5 Å². The van der Waals surface area contributed by atoms with Crippen molar-refractivity contribution >= 4 is 39.5 Å². The Morgan fingerprint density at radius 3 is 0.828 bits per heavy atom. The number of allylic oxidation sites excluding steroid dienone is 4. The van der Waals surface area contributed by atoms with Crippen LogP contribution in [-0.2, 0) is 65.4 Å². The molecular weight excluding hydrogens is 1290 g/mol. The minimum Gasteiger partial charge on any atom is -0.462 e. The second-order valence-corrected chi connectivity index (χ2v) is 31.5. The van der Waals surface area contributed by atoms with Gasteiger partial charge in [0.15, 0.2) is 12.2 Å². The summed E-state index contributed by atoms with van der Waals surface area (Å²) < 4.78 is 68.6. The van der Waals surface area contributed by atoms with Crippen molar-refractivity contribution in [1.29, 1.82) is 0 Å². The highest BCUT2D eigenvalue weighted by molar-refractivity contribution is 7.47. The summed E-state index contributed by atoms with van der Waals surface area (Å²) in [6.45, 7) is 7.25. The Labute approximate surface area is 605 Å². The molecule has 3 N–H and O–H groups in total. The Kier molecular flexibility index (Phi) is 70.7. The van der Waals surface area contributed by atoms with E-state index in [1.807, 2.05) is 0 Å². The molecule has 0 spiro atoms. The lowest BCUT2D eigenvalue weighted by molar-refractivity contribution is -0.161. The Hall–Kier alpha value is -2.46. The molecule has 0 aliphatic carbocycles. The van der Waals surface area contributed by atoms with Gasteiger partial charge in [-0.1, -0.05) is 348 Å². The molecule has 0 heterocycles. The number of esters is 4. The van der Waals surface area contributed by atoms with E-state index in [1.165, 1.54) is 205 Å². The lowest BCUT2D eigenvalue weighted by atomic mass is 10.0. The first-order valence-electron chi connectivity index (χ1n) is 41.0. The van der Waals surface area contributed by atoms with Gasteiger partial charge in [0.25, 0.3) is 0 Å². The van der Waals surface area contributed by atoms with E-state index in [1.54, 1.807) is 0 Å². The Bertz CT molecular complexity index is 1990. The molecule has 0 aromatic rings. The minimum absolute atomic E-state index is 0.0852. The maximum Gasteiger partial charge on any atom is 0.472 e. The van der Waals surface area contributed by atoms with Gasteiger partial charge in [-0.3, -0.25) is 37.3 Å². The molecule has 0 aliphatic heterocycles. The van der Waals surface area contributed by atoms with Crippen LogP contribution >= 0.6 is 15.6 Å². The highest BCUT2D eigenvalue weighted by atomic mass is 31.2. The van der Waals surface area contributed by atoms with E-state index in [2.05, 4.69) is 58.9 Å². The molecule has 0 rings (SSSR count). The molecule has 0 aromatic heterocycles. The van der Waals surface area contributed by atoms with Gasteiger partial charge >= 0.3 is 39.5 Å². The van der Waals surface area contributed by atoms with Crippen LogP contribution in [0.3, 0.4) is 0 Å². The molecule has 0 saturated carbocycles. The van der Waals surface area contributed by atoms with Crippen LogP contribution in [0.5, 0.6) is 0 Å². The predicted molar refractivity (Wildman–Crippen MR) is 404 cm³/mol. The van der Waals surface area contributed by atoms with E-state index >= 15 is 0 Å². The fraction of sp³-hybridized carbons (Fsp3) is 0.900. The average Bonchev–Trinajstić information content (AvgIpc) is 1.18. The second kappa shape index (κ2) is 72.5. The molecule has 2 unspecified atom stereocenters. The predicted octanol–water partition coefficient (Wildman–Crippen LogP) is 23.6. The number of hydrogen-bond acceptors (Lipinski definition) is 15. The van der Waals surface area contributed by atoms with Gasteiger partial charge in [-0.25, -0.2) is 9.13 Å². The molecule has 0 amide bonds. The molecule has 0 saturated heterocycles. The number of carbonyl (C=O) groups is 4. The molecule has 0 fully saturated rings. The van der Waals surface area contributed by atoms with E-state index in [-0.39, 0.29) is 25.7 Å². The van der Waals surface area contributed by atoms with Crippen LogP contribution in [-0.4, -0.2) is 96.7 Å². The Morgan fingerprint density at radius 2 is 0.545 bits per heavy atom. The Balaban J connectivity index is 5.23. The normalized spacial score (nSPS) is 14.0. The zero-order valence-corrected chi connectivity index (χ0v) is 65.9. The van der Waals surface area contributed by atoms with Crippen LogP contribution in [0.25, 0.3) is 0 Å². The topological polar surface area (TPSA) is 237 Å². The highest BCUT2D eigenvalue weighted by Crippen LogP contribution is 2.45. The quantitative estimate of drug-likeness (QED) is 0.0169. The number of hydrogen-bond donors (Lipinski definition) is 3. The van der Waals surface area contributed by atoms with Crippen LogP contribution in [0.4, 0.5) is 0 Å². The van der Waals surface area contributed by atoms with Gasteiger partial charge in [-0.15, -0.1) is 0 Å². The molecule has 584 valence electrons. The number of rotatable bonds is 78. The van der Waals surface area contributed by atoms with Crippen molar-refractivity contribution in [3.63, 3.8) is 0 Å². The molecule has 0 radical (unpaired) electrons. The van der Waals surface area contributed by atoms with Gasteiger partial charge in [0.2, 0.25) is 0 Å². The molecule has 0 aliphatic rings. The summed E-state index contributed by atoms with van der Waals surface area (Å²) in [4.78, 5) is 72.9. The summed E-state index contributed by atoms with van der Waals surface area (Å²) in [7, 11) is -9.93. The molecule has 99 heavy (non-hydrogen) atoms. The molecule has 0 aromatic carbocycles. The van der Waals surface area contributed by atoms with Gasteiger partial charge in [-0.05, 0) is 57.3 Å². The maximum absolute atomic E-state index is 13.1. The average molecular weight is 1450 g/mol. The third kappa shape index (κ3) is 73.6. The van der Waals surface area contributed by atoms with Gasteiger partial charge in [0.05, 0.1) is 26.4 Å². The molecular formula is C80H152O17P2. The van der Waals surface area contributed by atoms with Crippen molar-refractivity contribution in [3.05, 3.63) is 24.3 Å². The fourth-order valence-electron chi connectivity index (χ4n) is 11.9. The lowest BCUT2D eigenvalue weighted by Gasteiger charge is -2.21. The third-order valence-corrected chi connectivity index (χ3v) is 20.1. The first-order chi connectivity index (χ1) is 48.0. The second-order valence-electron chi connectivity index (χ2n) is 28.6. The van der Waals surface area contributed by atoms with Crippen molar-refractivity contribution in [2.24, 2.45) is 5.92 Å². The van der Waals surface area contributed by atoms with Gasteiger partial charge < -0.3 is 33.8 Å². The largest absolute Gasteiger partial charge is 0.472 e. The zero-order valence-electron chi connectivity index (χ0n) is 64.1. The lowest BCUT2D eigenvalue weighted by Crippen LogP contribution is -2.30. The summed E-state index contributed by atoms with van der Waals surface area (Å²) in [5, 5.41) is 10.6. The molecule has 5 atom stereocenters. The number of carbonyl (C=O) groups excluding carboxylic acids is 4. The molecule has 17 nitrogen and oxygen atoms in total. The number of ether oxygens (including phenoxy) is 4. The van der Waals surface area contributed by atoms with E-state index in [9.17, 15) is 43.2 Å². The summed E-state index contributed by atoms with van der Waals surface area (Å²) >= 11 is 0. The van der Waals surface area contributed by atoms with E-state index in [0.29, 0.717) is 25.7 Å². The van der Waals surface area contributed by atoms with Gasteiger partial charge in [-0.2, -0.15) is 0 Å². The van der Waals surface area contributed by atoms with Crippen molar-refractivity contribution in [2.45, 2.75) is 419 Å². The van der Waals surface area contributed by atoms with Crippen molar-refractivity contribution in [1.82, 2.24) is 0 Å². The number of phosphoric ester groups is 2. The monoisotopic (exact) mass is 1450 g/mol. The van der Waals surface area contributed by atoms with Crippen molar-refractivity contribution in [3.8, 4) is 0 Å². The standard InChI is InChI=1S/C80H152O17P2/c1-6-9-12-15-18-21-23-25-27-28-29-30-32-38-42-46-51-56-61-66-80(85)97-76(70-91-78(83)64-59-54-49-44-40-36-34-33-35-39-43-47-52-57-62-73(4)5)72-95-99(88,89)93-68-74(81)67-92-98(86,87)94-71-75(69-90-77(82)63-58-53-48-20-17-14-11-8-3)96-79(84)65-60-55-50-45-41-37-31-26-24-22-19-16-13-10-7-2/h22,24,26,31,73-76,81H,6-21,23,25,27-30,32-72H2,1-5H3,(H,86,87)(H,88,89)/b24-22-,31-26-/t74-,75+,76+/m0/s1. The smallest absolute Gasteiger partial charge is 0.462 e. The van der Waals surface area contributed by atoms with Crippen molar-refractivity contribution in [2.75, 3.05) is 39.6 Å². The summed E-state index contributed by atoms with van der Waals surface area (Å²) in [6, 6.07) is 0. The number of aliphatic hydroxyl groups is 1. The highest BCUT2D eigenvalue weighted by Gasteiger charge is 2.30. The van der Waals surface area contributed by atoms with E-state index in [4.69, 9.17) is 37.0 Å². The van der Waals surface area contributed by atoms with Gasteiger partial charge in [0, 0.05) is 25.7 Å². The summed E-state index contributed by atoms with van der Waals surface area (Å²) in [6.07, 6.45) is 66.1. The number of phosphoric acid groups is 2. The first kappa shape index (κ1) is 96.5. The van der Waals surface area contributed by atoms with Crippen LogP contribution < -0.4 is 0 Å².